The number of piperazine rings is 1. The summed E-state index contributed by atoms with van der Waals surface area (Å²) in [5.41, 5.74) is 8.99. The molecular formula is C20H21ClN6O2. The molecule has 2 amide bonds. The maximum Gasteiger partial charge on any atom is 0.247 e. The van der Waals surface area contributed by atoms with Crippen molar-refractivity contribution in [2.45, 2.75) is 19.4 Å². The first-order valence-electron chi connectivity index (χ1n) is 9.05. The molecule has 2 aromatic carbocycles. The van der Waals surface area contributed by atoms with Crippen molar-refractivity contribution >= 4 is 41.1 Å². The molecule has 1 unspecified atom stereocenters. The van der Waals surface area contributed by atoms with Crippen molar-refractivity contribution in [3.63, 3.8) is 0 Å². The fraction of sp³-hybridized carbons (Fsp3) is 0.250. The third-order valence-corrected chi connectivity index (χ3v) is 5.07. The average molecular weight is 413 g/mol. The minimum Gasteiger partial charge on any atom is -0.329 e. The Bertz CT molecular complexity index is 928. The van der Waals surface area contributed by atoms with Crippen LogP contribution in [0.2, 0.25) is 5.02 Å². The Morgan fingerprint density at radius 1 is 1.17 bits per heavy atom. The molecule has 29 heavy (non-hydrogen) atoms. The van der Waals surface area contributed by atoms with Gasteiger partial charge >= 0.3 is 0 Å². The van der Waals surface area contributed by atoms with Gasteiger partial charge in [0.25, 0.3) is 0 Å². The number of rotatable bonds is 7. The number of hydrogen-bond donors (Lipinski definition) is 2. The number of amides is 2. The van der Waals surface area contributed by atoms with Crippen molar-refractivity contribution in [2.75, 3.05) is 23.0 Å². The van der Waals surface area contributed by atoms with E-state index in [1.165, 1.54) is 11.0 Å². The number of benzene rings is 2. The minimum atomic E-state index is -0.261. The maximum absolute atomic E-state index is 12.9. The first-order chi connectivity index (χ1) is 13.9. The Morgan fingerprint density at radius 3 is 2.55 bits per heavy atom. The third-order valence-electron chi connectivity index (χ3n) is 4.83. The highest BCUT2D eigenvalue weighted by molar-refractivity contribution is 6.31. The lowest BCUT2D eigenvalue weighted by atomic mass is 10.0. The highest BCUT2D eigenvalue weighted by atomic mass is 35.5. The molecule has 2 N–H and O–H groups in total. The largest absolute Gasteiger partial charge is 0.329 e. The standard InChI is InChI=1S/C20H21ClN6O2/c1-14(9-15-5-3-2-4-6-15)25-11-20(29)26(12-19(25)28)18-10-16(21)7-8-17(18)27(13-22)24-23/h2-8,10,13-14,22-23H,9,11-12H2,1H3. The number of carbonyl (C=O) groups excluding carboxylic acids is 2. The van der Waals surface area contributed by atoms with Gasteiger partial charge in [0.15, 0.2) is 0 Å². The fourth-order valence-corrected chi connectivity index (χ4v) is 3.55. The average Bonchev–Trinajstić information content (AvgIpc) is 2.72. The summed E-state index contributed by atoms with van der Waals surface area (Å²) in [5, 5.41) is 12.0. The van der Waals surface area contributed by atoms with Crippen LogP contribution in [0.5, 0.6) is 0 Å². The number of nitrogens with zero attached hydrogens (tertiary/aromatic N) is 4. The molecule has 0 radical (unpaired) electrons. The lowest BCUT2D eigenvalue weighted by molar-refractivity contribution is -0.140. The number of carbonyl (C=O) groups is 2. The van der Waals surface area contributed by atoms with E-state index in [2.05, 4.69) is 5.22 Å². The summed E-state index contributed by atoms with van der Waals surface area (Å²) in [4.78, 5) is 28.7. The Hall–Kier alpha value is -3.26. The summed E-state index contributed by atoms with van der Waals surface area (Å²) in [5.74, 6) is -0.439. The highest BCUT2D eigenvalue weighted by Crippen LogP contribution is 2.33. The second kappa shape index (κ2) is 8.83. The smallest absolute Gasteiger partial charge is 0.247 e. The molecule has 1 aliphatic heterocycles. The van der Waals surface area contributed by atoms with E-state index in [-0.39, 0.29) is 30.9 Å². The van der Waals surface area contributed by atoms with E-state index in [0.717, 1.165) is 16.9 Å². The van der Waals surface area contributed by atoms with Crippen molar-refractivity contribution in [3.8, 4) is 0 Å². The normalized spacial score (nSPS) is 15.2. The predicted octanol–water partition coefficient (Wildman–Crippen LogP) is 3.51. The van der Waals surface area contributed by atoms with E-state index in [1.807, 2.05) is 37.3 Å². The Morgan fingerprint density at radius 2 is 1.90 bits per heavy atom. The van der Waals surface area contributed by atoms with Crippen LogP contribution in [-0.2, 0) is 16.0 Å². The third kappa shape index (κ3) is 4.43. The topological polar surface area (TPSA) is 104 Å². The zero-order valence-electron chi connectivity index (χ0n) is 15.9. The first kappa shape index (κ1) is 20.5. The molecule has 1 aliphatic rings. The van der Waals surface area contributed by atoms with Crippen LogP contribution >= 0.6 is 11.6 Å². The van der Waals surface area contributed by atoms with Gasteiger partial charge in [0, 0.05) is 11.1 Å². The molecule has 0 aromatic heterocycles. The minimum absolute atomic E-state index is 0.0542. The molecule has 1 atom stereocenters. The molecule has 2 aromatic rings. The van der Waals surface area contributed by atoms with Gasteiger partial charge in [-0.1, -0.05) is 47.2 Å². The van der Waals surface area contributed by atoms with Gasteiger partial charge in [0.2, 0.25) is 11.8 Å². The Kier molecular flexibility index (Phi) is 6.23. The number of hydrogen-bond acceptors (Lipinski definition) is 5. The highest BCUT2D eigenvalue weighted by Gasteiger charge is 2.35. The van der Waals surface area contributed by atoms with Gasteiger partial charge in [0.1, 0.15) is 19.4 Å². The molecule has 0 aliphatic carbocycles. The summed E-state index contributed by atoms with van der Waals surface area (Å²) in [6.45, 7) is 1.73. The van der Waals surface area contributed by atoms with Crippen LogP contribution in [0.4, 0.5) is 11.4 Å². The van der Waals surface area contributed by atoms with E-state index in [9.17, 15) is 9.59 Å². The van der Waals surface area contributed by atoms with Crippen molar-refractivity contribution in [1.29, 1.82) is 10.9 Å². The zero-order chi connectivity index (χ0) is 21.0. The van der Waals surface area contributed by atoms with Gasteiger partial charge in [-0.25, -0.2) is 5.01 Å². The molecule has 3 rings (SSSR count). The molecule has 150 valence electrons. The molecule has 0 spiro atoms. The van der Waals surface area contributed by atoms with Crippen LogP contribution in [0.1, 0.15) is 12.5 Å². The summed E-state index contributed by atoms with van der Waals surface area (Å²) < 4.78 is 0. The molecule has 0 bridgehead atoms. The van der Waals surface area contributed by atoms with Crippen LogP contribution in [0.15, 0.2) is 53.8 Å². The lowest BCUT2D eigenvalue weighted by Gasteiger charge is -2.38. The number of nitrogens with one attached hydrogen (secondary N) is 2. The van der Waals surface area contributed by atoms with Crippen LogP contribution in [0.25, 0.3) is 0 Å². The number of anilines is 2. The monoisotopic (exact) mass is 412 g/mol. The summed E-state index contributed by atoms with van der Waals surface area (Å²) in [6.07, 6.45) is 1.51. The molecule has 1 fully saturated rings. The van der Waals surface area contributed by atoms with Gasteiger partial charge in [-0.3, -0.25) is 19.9 Å². The Labute approximate surface area is 173 Å². The quantitative estimate of drug-likeness (QED) is 0.314. The zero-order valence-corrected chi connectivity index (χ0v) is 16.6. The van der Waals surface area contributed by atoms with Crippen LogP contribution in [0.3, 0.4) is 0 Å². The van der Waals surface area contributed by atoms with Gasteiger partial charge in [-0.15, -0.1) is 0 Å². The van der Waals surface area contributed by atoms with Crippen LogP contribution < -0.4 is 9.91 Å². The van der Waals surface area contributed by atoms with Crippen molar-refractivity contribution in [2.24, 2.45) is 5.22 Å². The van der Waals surface area contributed by atoms with Crippen molar-refractivity contribution in [3.05, 3.63) is 59.1 Å². The molecular weight excluding hydrogens is 392 g/mol. The number of halogens is 1. The Balaban J connectivity index is 1.83. The molecule has 1 heterocycles. The first-order valence-corrected chi connectivity index (χ1v) is 9.43. The second-order valence-electron chi connectivity index (χ2n) is 6.75. The van der Waals surface area contributed by atoms with Crippen molar-refractivity contribution in [1.82, 2.24) is 4.90 Å². The molecule has 1 saturated heterocycles. The van der Waals surface area contributed by atoms with Crippen LogP contribution in [-0.4, -0.2) is 42.2 Å². The van der Waals surface area contributed by atoms with Gasteiger partial charge in [-0.2, -0.15) is 5.53 Å². The van der Waals surface area contributed by atoms with E-state index in [4.69, 9.17) is 22.5 Å². The van der Waals surface area contributed by atoms with Gasteiger partial charge in [0.05, 0.1) is 11.4 Å². The van der Waals surface area contributed by atoms with E-state index in [1.54, 1.807) is 17.0 Å². The predicted molar refractivity (Wildman–Crippen MR) is 112 cm³/mol. The fourth-order valence-electron chi connectivity index (χ4n) is 3.38. The SMILES string of the molecule is CC(Cc1ccccc1)N1CC(=O)N(c2cc(Cl)ccc2N(C=N)N=N)CC1=O. The van der Waals surface area contributed by atoms with Crippen LogP contribution in [0, 0.1) is 10.9 Å². The second-order valence-corrected chi connectivity index (χ2v) is 7.18. The van der Waals surface area contributed by atoms with E-state index >= 15 is 0 Å². The molecule has 9 heteroatoms. The summed E-state index contributed by atoms with van der Waals surface area (Å²) >= 11 is 6.09. The lowest BCUT2D eigenvalue weighted by Crippen LogP contribution is -2.57. The summed E-state index contributed by atoms with van der Waals surface area (Å²) in [6, 6.07) is 14.4. The summed E-state index contributed by atoms with van der Waals surface area (Å²) in [7, 11) is 0. The molecule has 8 nitrogen and oxygen atoms in total. The molecule has 0 saturated carbocycles. The maximum atomic E-state index is 12.9. The van der Waals surface area contributed by atoms with E-state index < -0.39 is 0 Å². The van der Waals surface area contributed by atoms with Gasteiger partial charge < -0.3 is 4.90 Å². The van der Waals surface area contributed by atoms with E-state index in [0.29, 0.717) is 22.8 Å². The van der Waals surface area contributed by atoms with Crippen molar-refractivity contribution < 1.29 is 9.59 Å². The van der Waals surface area contributed by atoms with Gasteiger partial charge in [-0.05, 0) is 37.1 Å².